The highest BCUT2D eigenvalue weighted by molar-refractivity contribution is 7.08. The van der Waals surface area contributed by atoms with Crippen LogP contribution in [0.3, 0.4) is 0 Å². The number of methoxy groups -OCH3 is 4. The maximum Gasteiger partial charge on any atom is 0.319 e. The summed E-state index contributed by atoms with van der Waals surface area (Å²) in [6, 6.07) is 10.5. The van der Waals surface area contributed by atoms with Gasteiger partial charge in [0, 0.05) is 24.2 Å². The predicted octanol–water partition coefficient (Wildman–Crippen LogP) is 5.46. The van der Waals surface area contributed by atoms with Crippen LogP contribution in [0, 0.1) is 0 Å². The standard InChI is InChI=1S/C14H16N2O2S.C6H8N2O2.C4H4S/c1-17-13-7-12(15-14(16-13)18-2)11-4-3-10(11)9-5-6-19-8-9;1-9-5-3-4-7-6(8-5)10-2;1-2-4-5-3-1/h5-8,10-11H,3-4H2,1-2H3;3-4H,1-2H3;1-4H/t10?,11-;;/m0../s1. The smallest absolute Gasteiger partial charge is 0.319 e. The molecule has 0 aliphatic heterocycles. The second kappa shape index (κ2) is 13.5. The Balaban J connectivity index is 0.000000179. The third-order valence-electron chi connectivity index (χ3n) is 5.14. The predicted molar refractivity (Wildman–Crippen MR) is 134 cm³/mol. The van der Waals surface area contributed by atoms with E-state index >= 15 is 0 Å². The molecule has 5 rings (SSSR count). The van der Waals surface area contributed by atoms with E-state index in [-0.39, 0.29) is 0 Å². The van der Waals surface area contributed by atoms with Gasteiger partial charge < -0.3 is 18.9 Å². The Bertz CT molecular complexity index is 1040. The second-order valence-corrected chi connectivity index (χ2v) is 8.64. The minimum absolute atomic E-state index is 0.319. The lowest BCUT2D eigenvalue weighted by molar-refractivity contribution is 0.318. The summed E-state index contributed by atoms with van der Waals surface area (Å²) >= 11 is 3.46. The van der Waals surface area contributed by atoms with Crippen LogP contribution >= 0.6 is 22.7 Å². The SMILES string of the molecule is COc1cc([C@H]2CCC2c2ccsc2)nc(OC)n1.COc1ccnc(OC)n1.c1ccsc1. The Morgan fingerprint density at radius 3 is 1.97 bits per heavy atom. The third kappa shape index (κ3) is 7.13. The van der Waals surface area contributed by atoms with Crippen molar-refractivity contribution in [2.45, 2.75) is 24.7 Å². The Labute approximate surface area is 207 Å². The van der Waals surface area contributed by atoms with Crippen LogP contribution in [0.1, 0.15) is 35.9 Å². The number of hydrogen-bond donors (Lipinski definition) is 0. The zero-order valence-electron chi connectivity index (χ0n) is 19.6. The van der Waals surface area contributed by atoms with Gasteiger partial charge in [-0.3, -0.25) is 0 Å². The molecule has 8 nitrogen and oxygen atoms in total. The molecule has 0 saturated heterocycles. The van der Waals surface area contributed by atoms with Gasteiger partial charge in [0.05, 0.1) is 34.1 Å². The number of hydrogen-bond acceptors (Lipinski definition) is 10. The first-order valence-corrected chi connectivity index (χ1v) is 12.4. The van der Waals surface area contributed by atoms with Crippen LogP contribution in [-0.2, 0) is 0 Å². The van der Waals surface area contributed by atoms with Crippen LogP contribution in [-0.4, -0.2) is 48.4 Å². The normalized spacial score (nSPS) is 16.0. The first-order valence-electron chi connectivity index (χ1n) is 10.6. The van der Waals surface area contributed by atoms with Crippen molar-refractivity contribution in [1.29, 1.82) is 0 Å². The summed E-state index contributed by atoms with van der Waals surface area (Å²) in [4.78, 5) is 16.3. The first kappa shape index (κ1) is 25.4. The van der Waals surface area contributed by atoms with Gasteiger partial charge in [-0.2, -0.15) is 37.6 Å². The van der Waals surface area contributed by atoms with E-state index < -0.39 is 0 Å². The molecule has 0 N–H and O–H groups in total. The number of rotatable bonds is 6. The van der Waals surface area contributed by atoms with E-state index in [1.807, 2.05) is 29.0 Å². The molecule has 2 atom stereocenters. The highest BCUT2D eigenvalue weighted by atomic mass is 32.1. The molecule has 0 aromatic carbocycles. The molecule has 0 amide bonds. The van der Waals surface area contributed by atoms with E-state index in [1.54, 1.807) is 56.3 Å². The number of ether oxygens (including phenoxy) is 4. The monoisotopic (exact) mass is 500 g/mol. The molecule has 10 heteroatoms. The van der Waals surface area contributed by atoms with E-state index in [4.69, 9.17) is 18.9 Å². The van der Waals surface area contributed by atoms with Crippen molar-refractivity contribution in [3.63, 3.8) is 0 Å². The molecule has 4 heterocycles. The second-order valence-electron chi connectivity index (χ2n) is 7.05. The molecule has 34 heavy (non-hydrogen) atoms. The third-order valence-corrected chi connectivity index (χ3v) is 6.47. The van der Waals surface area contributed by atoms with E-state index in [0.29, 0.717) is 35.6 Å². The fourth-order valence-corrected chi connectivity index (χ4v) is 4.49. The lowest BCUT2D eigenvalue weighted by Crippen LogP contribution is -2.22. The van der Waals surface area contributed by atoms with Gasteiger partial charge in [0.25, 0.3) is 0 Å². The van der Waals surface area contributed by atoms with Crippen molar-refractivity contribution in [3.8, 4) is 23.8 Å². The van der Waals surface area contributed by atoms with Crippen molar-refractivity contribution in [3.05, 3.63) is 69.3 Å². The van der Waals surface area contributed by atoms with Crippen molar-refractivity contribution < 1.29 is 18.9 Å². The number of nitrogens with zero attached hydrogens (tertiary/aromatic N) is 4. The average molecular weight is 501 g/mol. The van der Waals surface area contributed by atoms with E-state index in [2.05, 4.69) is 36.8 Å². The quantitative estimate of drug-likeness (QED) is 0.345. The summed E-state index contributed by atoms with van der Waals surface area (Å²) in [5, 5.41) is 8.44. The van der Waals surface area contributed by atoms with Gasteiger partial charge in [-0.1, -0.05) is 12.1 Å². The molecule has 1 aliphatic rings. The van der Waals surface area contributed by atoms with E-state index in [0.717, 1.165) is 12.1 Å². The Morgan fingerprint density at radius 2 is 1.44 bits per heavy atom. The lowest BCUT2D eigenvalue weighted by Gasteiger charge is -2.36. The van der Waals surface area contributed by atoms with Crippen molar-refractivity contribution in [2.75, 3.05) is 28.4 Å². The van der Waals surface area contributed by atoms with Crippen molar-refractivity contribution in [1.82, 2.24) is 19.9 Å². The number of thiophene rings is 2. The Kier molecular flexibility index (Phi) is 10.1. The minimum atomic E-state index is 0.319. The van der Waals surface area contributed by atoms with Crippen LogP contribution < -0.4 is 18.9 Å². The van der Waals surface area contributed by atoms with Gasteiger partial charge in [0.15, 0.2) is 0 Å². The van der Waals surface area contributed by atoms with Crippen LogP contribution in [0.5, 0.6) is 23.8 Å². The summed E-state index contributed by atoms with van der Waals surface area (Å²) in [7, 11) is 6.24. The summed E-state index contributed by atoms with van der Waals surface area (Å²) in [6.45, 7) is 0. The van der Waals surface area contributed by atoms with E-state index in [9.17, 15) is 0 Å². The molecule has 0 spiro atoms. The average Bonchev–Trinajstić information content (AvgIpc) is 3.61. The summed E-state index contributed by atoms with van der Waals surface area (Å²) < 4.78 is 19.9. The summed E-state index contributed by atoms with van der Waals surface area (Å²) in [5.74, 6) is 2.08. The molecular weight excluding hydrogens is 472 g/mol. The first-order chi connectivity index (χ1) is 16.7. The van der Waals surface area contributed by atoms with Crippen LogP contribution in [0.2, 0.25) is 0 Å². The highest BCUT2D eigenvalue weighted by Crippen LogP contribution is 2.49. The maximum absolute atomic E-state index is 5.21. The van der Waals surface area contributed by atoms with Gasteiger partial charge in [0.1, 0.15) is 0 Å². The van der Waals surface area contributed by atoms with Crippen molar-refractivity contribution >= 4 is 22.7 Å². The zero-order valence-corrected chi connectivity index (χ0v) is 21.2. The Morgan fingerprint density at radius 1 is 0.735 bits per heavy atom. The maximum atomic E-state index is 5.21. The summed E-state index contributed by atoms with van der Waals surface area (Å²) in [6.07, 6.45) is 3.95. The van der Waals surface area contributed by atoms with Gasteiger partial charge in [-0.15, -0.1) is 0 Å². The molecule has 0 bridgehead atoms. The van der Waals surface area contributed by atoms with Gasteiger partial charge in [-0.25, -0.2) is 4.98 Å². The Hall–Kier alpha value is -3.24. The molecule has 4 aromatic rings. The lowest BCUT2D eigenvalue weighted by atomic mass is 9.69. The molecule has 1 saturated carbocycles. The minimum Gasteiger partial charge on any atom is -0.481 e. The number of aromatic nitrogens is 4. The van der Waals surface area contributed by atoms with Gasteiger partial charge >= 0.3 is 12.0 Å². The molecule has 1 unspecified atom stereocenters. The zero-order chi connectivity index (χ0) is 24.2. The fourth-order valence-electron chi connectivity index (χ4n) is 3.31. The van der Waals surface area contributed by atoms with E-state index in [1.165, 1.54) is 19.1 Å². The molecule has 180 valence electrons. The van der Waals surface area contributed by atoms with Gasteiger partial charge in [0.2, 0.25) is 11.8 Å². The molecule has 1 aliphatic carbocycles. The molecular formula is C24H28N4O4S2. The molecule has 1 fully saturated rings. The molecule has 4 aromatic heterocycles. The largest absolute Gasteiger partial charge is 0.481 e. The summed E-state index contributed by atoms with van der Waals surface area (Å²) in [5.41, 5.74) is 2.43. The highest BCUT2D eigenvalue weighted by Gasteiger charge is 2.35. The van der Waals surface area contributed by atoms with Crippen molar-refractivity contribution in [2.24, 2.45) is 0 Å². The van der Waals surface area contributed by atoms with Crippen LogP contribution in [0.15, 0.2) is 58.0 Å². The topological polar surface area (TPSA) is 88.5 Å². The van der Waals surface area contributed by atoms with Crippen LogP contribution in [0.4, 0.5) is 0 Å². The molecule has 0 radical (unpaired) electrons. The fraction of sp³-hybridized carbons (Fsp3) is 0.333. The van der Waals surface area contributed by atoms with Crippen LogP contribution in [0.25, 0.3) is 0 Å². The van der Waals surface area contributed by atoms with Gasteiger partial charge in [-0.05, 0) is 51.9 Å².